The van der Waals surface area contributed by atoms with Gasteiger partial charge in [-0.25, -0.2) is 4.39 Å². The summed E-state index contributed by atoms with van der Waals surface area (Å²) >= 11 is 0. The second kappa shape index (κ2) is 4.91. The van der Waals surface area contributed by atoms with E-state index in [1.54, 1.807) is 6.07 Å². The number of rotatable bonds is 4. The minimum absolute atomic E-state index is 0.0253. The molecule has 0 radical (unpaired) electrons. The van der Waals surface area contributed by atoms with Crippen molar-refractivity contribution in [1.82, 2.24) is 0 Å². The van der Waals surface area contributed by atoms with Crippen LogP contribution in [0.5, 0.6) is 5.75 Å². The quantitative estimate of drug-likeness (QED) is 0.713. The van der Waals surface area contributed by atoms with E-state index >= 15 is 0 Å². The molecule has 0 amide bonds. The van der Waals surface area contributed by atoms with Crippen molar-refractivity contribution < 1.29 is 13.9 Å². The molecule has 0 spiro atoms. The highest BCUT2D eigenvalue weighted by molar-refractivity contribution is 5.94. The maximum atomic E-state index is 13.4. The van der Waals surface area contributed by atoms with Gasteiger partial charge in [-0.2, -0.15) is 0 Å². The van der Waals surface area contributed by atoms with Crippen LogP contribution in [0.4, 0.5) is 4.39 Å². The topological polar surface area (TPSA) is 26.3 Å². The Hall–Kier alpha value is -1.38. The Balaban J connectivity index is 2.88. The number of carbonyl (C=O) groups excluding carboxylic acids is 1. The van der Waals surface area contributed by atoms with Gasteiger partial charge in [0.15, 0.2) is 17.3 Å². The molecule has 3 heteroatoms. The van der Waals surface area contributed by atoms with Crippen LogP contribution < -0.4 is 4.74 Å². The fourth-order valence-corrected chi connectivity index (χ4v) is 1.12. The van der Waals surface area contributed by atoms with Crippen LogP contribution in [0.25, 0.3) is 0 Å². The molecule has 0 N–H and O–H groups in total. The van der Waals surface area contributed by atoms with Gasteiger partial charge in [-0.3, -0.25) is 4.79 Å². The lowest BCUT2D eigenvalue weighted by atomic mass is 10.1. The first-order chi connectivity index (χ1) is 7.04. The molecule has 1 aromatic carbocycles. The van der Waals surface area contributed by atoms with Crippen molar-refractivity contribution in [1.29, 1.82) is 0 Å². The Bertz CT molecular complexity index is 361. The zero-order valence-corrected chi connectivity index (χ0v) is 9.21. The smallest absolute Gasteiger partial charge is 0.165 e. The highest BCUT2D eigenvalue weighted by Crippen LogP contribution is 2.20. The highest BCUT2D eigenvalue weighted by Gasteiger charge is 2.09. The molecule has 0 aliphatic heterocycles. The van der Waals surface area contributed by atoms with Gasteiger partial charge in [-0.1, -0.05) is 6.92 Å². The lowest BCUT2D eigenvalue weighted by Crippen LogP contribution is -2.11. The van der Waals surface area contributed by atoms with E-state index in [0.29, 0.717) is 5.56 Å². The predicted molar refractivity (Wildman–Crippen MR) is 56.8 cm³/mol. The van der Waals surface area contributed by atoms with Gasteiger partial charge in [0.1, 0.15) is 0 Å². The lowest BCUT2D eigenvalue weighted by Gasteiger charge is -2.13. The summed E-state index contributed by atoms with van der Waals surface area (Å²) in [5.41, 5.74) is 0.365. The normalized spacial score (nSPS) is 12.3. The molecule has 0 aromatic heterocycles. The van der Waals surface area contributed by atoms with Gasteiger partial charge in [0, 0.05) is 5.56 Å². The summed E-state index contributed by atoms with van der Waals surface area (Å²) in [6.07, 6.45) is 0.788. The van der Waals surface area contributed by atoms with Crippen LogP contribution >= 0.6 is 0 Å². The van der Waals surface area contributed by atoms with E-state index in [1.807, 2.05) is 13.8 Å². The van der Waals surface area contributed by atoms with Crippen LogP contribution in [0, 0.1) is 5.82 Å². The third-order valence-electron chi connectivity index (χ3n) is 2.24. The molecule has 0 heterocycles. The van der Waals surface area contributed by atoms with Crippen molar-refractivity contribution in [2.24, 2.45) is 0 Å². The monoisotopic (exact) mass is 210 g/mol. The number of Topliss-reactive ketones (excluding diaryl/α,β-unsaturated/α-hetero) is 1. The molecule has 0 aliphatic rings. The lowest BCUT2D eigenvalue weighted by molar-refractivity contribution is 0.101. The Morgan fingerprint density at radius 1 is 1.53 bits per heavy atom. The first kappa shape index (κ1) is 11.7. The Kier molecular flexibility index (Phi) is 3.83. The standard InChI is InChI=1S/C12H15FO2/c1-4-8(2)15-12-6-5-10(9(3)14)7-11(12)13/h5-8H,4H2,1-3H3. The van der Waals surface area contributed by atoms with Gasteiger partial charge in [0.2, 0.25) is 0 Å². The summed E-state index contributed by atoms with van der Waals surface area (Å²) in [5, 5.41) is 0. The van der Waals surface area contributed by atoms with Gasteiger partial charge >= 0.3 is 0 Å². The zero-order valence-electron chi connectivity index (χ0n) is 9.21. The van der Waals surface area contributed by atoms with Crippen LogP contribution in [0.15, 0.2) is 18.2 Å². The van der Waals surface area contributed by atoms with Gasteiger partial charge < -0.3 is 4.74 Å². The van der Waals surface area contributed by atoms with Gasteiger partial charge in [0.25, 0.3) is 0 Å². The SMILES string of the molecule is CCC(C)Oc1ccc(C(C)=O)cc1F. The van der Waals surface area contributed by atoms with Crippen molar-refractivity contribution in [3.05, 3.63) is 29.6 Å². The van der Waals surface area contributed by atoms with Crippen LogP contribution in [0.2, 0.25) is 0 Å². The van der Waals surface area contributed by atoms with Crippen LogP contribution in [-0.2, 0) is 0 Å². The number of benzene rings is 1. The average Bonchev–Trinajstić information content (AvgIpc) is 2.20. The molecule has 1 atom stereocenters. The maximum Gasteiger partial charge on any atom is 0.165 e. The molecule has 15 heavy (non-hydrogen) atoms. The Labute approximate surface area is 89.1 Å². The van der Waals surface area contributed by atoms with Crippen molar-refractivity contribution in [2.75, 3.05) is 0 Å². The van der Waals surface area contributed by atoms with Crippen LogP contribution in [0.1, 0.15) is 37.6 Å². The predicted octanol–water partition coefficient (Wildman–Crippen LogP) is 3.21. The molecule has 0 fully saturated rings. The molecule has 2 nitrogen and oxygen atoms in total. The fourth-order valence-electron chi connectivity index (χ4n) is 1.12. The first-order valence-corrected chi connectivity index (χ1v) is 5.01. The molecule has 0 saturated carbocycles. The fraction of sp³-hybridized carbons (Fsp3) is 0.417. The van der Waals surface area contributed by atoms with E-state index < -0.39 is 5.82 Å². The largest absolute Gasteiger partial charge is 0.488 e. The van der Waals surface area contributed by atoms with E-state index in [1.165, 1.54) is 19.1 Å². The number of halogens is 1. The minimum atomic E-state index is -0.483. The van der Waals surface area contributed by atoms with Gasteiger partial charge in [0.05, 0.1) is 6.10 Å². The molecule has 1 aromatic rings. The summed E-state index contributed by atoms with van der Waals surface area (Å²) in [4.78, 5) is 11.0. The zero-order chi connectivity index (χ0) is 11.4. The number of ketones is 1. The Morgan fingerprint density at radius 2 is 2.20 bits per heavy atom. The third kappa shape index (κ3) is 3.05. The number of carbonyl (C=O) groups is 1. The van der Waals surface area contributed by atoms with Crippen molar-refractivity contribution in [3.8, 4) is 5.75 Å². The average molecular weight is 210 g/mol. The second-order valence-electron chi connectivity index (χ2n) is 3.54. The van der Waals surface area contributed by atoms with Crippen LogP contribution in [-0.4, -0.2) is 11.9 Å². The molecule has 1 unspecified atom stereocenters. The van der Waals surface area contributed by atoms with Crippen molar-refractivity contribution >= 4 is 5.78 Å². The van der Waals surface area contributed by atoms with Gasteiger partial charge in [-0.15, -0.1) is 0 Å². The third-order valence-corrected chi connectivity index (χ3v) is 2.24. The molecule has 0 saturated heterocycles. The number of hydrogen-bond acceptors (Lipinski definition) is 2. The number of hydrogen-bond donors (Lipinski definition) is 0. The van der Waals surface area contributed by atoms with Crippen LogP contribution in [0.3, 0.4) is 0 Å². The minimum Gasteiger partial charge on any atom is -0.488 e. The molecular weight excluding hydrogens is 195 g/mol. The van der Waals surface area contributed by atoms with Crippen molar-refractivity contribution in [3.63, 3.8) is 0 Å². The Morgan fingerprint density at radius 3 is 2.67 bits per heavy atom. The summed E-state index contributed by atoms with van der Waals surface area (Å²) < 4.78 is 18.8. The summed E-state index contributed by atoms with van der Waals surface area (Å²) in [7, 11) is 0. The molecule has 0 bridgehead atoms. The second-order valence-corrected chi connectivity index (χ2v) is 3.54. The summed E-state index contributed by atoms with van der Waals surface area (Å²) in [5.74, 6) is -0.429. The highest BCUT2D eigenvalue weighted by atomic mass is 19.1. The first-order valence-electron chi connectivity index (χ1n) is 5.01. The van der Waals surface area contributed by atoms with E-state index in [-0.39, 0.29) is 17.6 Å². The molecule has 1 rings (SSSR count). The van der Waals surface area contributed by atoms with E-state index in [9.17, 15) is 9.18 Å². The number of ether oxygens (including phenoxy) is 1. The van der Waals surface area contributed by atoms with Gasteiger partial charge in [-0.05, 0) is 38.5 Å². The summed E-state index contributed by atoms with van der Waals surface area (Å²) in [6.45, 7) is 5.24. The maximum absolute atomic E-state index is 13.4. The molecular formula is C12H15FO2. The molecule has 82 valence electrons. The van der Waals surface area contributed by atoms with E-state index in [2.05, 4.69) is 0 Å². The summed E-state index contributed by atoms with van der Waals surface area (Å²) in [6, 6.07) is 4.28. The van der Waals surface area contributed by atoms with E-state index in [0.717, 1.165) is 6.42 Å². The van der Waals surface area contributed by atoms with Crippen molar-refractivity contribution in [2.45, 2.75) is 33.3 Å². The molecule has 0 aliphatic carbocycles. The van der Waals surface area contributed by atoms with E-state index in [4.69, 9.17) is 4.74 Å².